The van der Waals surface area contributed by atoms with Crippen LogP contribution in [-0.4, -0.2) is 4.98 Å². The minimum absolute atomic E-state index is 0.00213. The minimum Gasteiger partial charge on any atom is -0.335 e. The van der Waals surface area contributed by atoms with Gasteiger partial charge in [-0.05, 0) is 46.6 Å². The molecule has 17 heavy (non-hydrogen) atoms. The Labute approximate surface area is 106 Å². The van der Waals surface area contributed by atoms with E-state index < -0.39 is 11.6 Å². The fourth-order valence-corrected chi connectivity index (χ4v) is 1.67. The van der Waals surface area contributed by atoms with Crippen LogP contribution in [0, 0.1) is 18.6 Å². The summed E-state index contributed by atoms with van der Waals surface area (Å²) in [6.45, 7) is 1.83. The van der Waals surface area contributed by atoms with Gasteiger partial charge in [0.2, 0.25) is 0 Å². The van der Waals surface area contributed by atoms with Gasteiger partial charge < -0.3 is 5.32 Å². The summed E-state index contributed by atoms with van der Waals surface area (Å²) in [5.74, 6) is -0.988. The van der Waals surface area contributed by atoms with E-state index in [1.165, 1.54) is 18.3 Å². The van der Waals surface area contributed by atoms with Gasteiger partial charge in [0.15, 0.2) is 11.6 Å². The lowest BCUT2D eigenvalue weighted by Crippen LogP contribution is -1.99. The van der Waals surface area contributed by atoms with E-state index in [1.54, 1.807) is 12.1 Å². The molecule has 5 heteroatoms. The van der Waals surface area contributed by atoms with Gasteiger partial charge in [0.1, 0.15) is 5.82 Å². The third-order valence-corrected chi connectivity index (χ3v) is 2.62. The molecule has 0 atom stereocenters. The number of halogens is 3. The molecule has 0 radical (unpaired) electrons. The fourth-order valence-electron chi connectivity index (χ4n) is 1.37. The van der Waals surface area contributed by atoms with Crippen molar-refractivity contribution in [1.29, 1.82) is 0 Å². The predicted octanol–water partition coefficient (Wildman–Crippen LogP) is 4.17. The molecule has 1 heterocycles. The van der Waals surface area contributed by atoms with Crippen LogP contribution < -0.4 is 5.32 Å². The standard InChI is InChI=1S/C12H9BrF2N2/c1-7-2-3-9(14)11(4-7)17-12-10(15)5-8(13)6-16-12/h2-6H,1H3,(H,16,17). The van der Waals surface area contributed by atoms with Gasteiger partial charge in [-0.2, -0.15) is 0 Å². The van der Waals surface area contributed by atoms with E-state index in [9.17, 15) is 8.78 Å². The number of anilines is 2. The van der Waals surface area contributed by atoms with Crippen molar-refractivity contribution in [3.8, 4) is 0 Å². The monoisotopic (exact) mass is 298 g/mol. The van der Waals surface area contributed by atoms with Crippen molar-refractivity contribution in [1.82, 2.24) is 4.98 Å². The molecule has 2 nitrogen and oxygen atoms in total. The zero-order valence-corrected chi connectivity index (χ0v) is 10.6. The van der Waals surface area contributed by atoms with Crippen molar-refractivity contribution >= 4 is 27.4 Å². The van der Waals surface area contributed by atoms with Gasteiger partial charge in [-0.3, -0.25) is 0 Å². The molecule has 0 aliphatic rings. The van der Waals surface area contributed by atoms with Crippen LogP contribution in [0.2, 0.25) is 0 Å². The number of aryl methyl sites for hydroxylation is 1. The molecule has 0 fully saturated rings. The van der Waals surface area contributed by atoms with Gasteiger partial charge in [-0.1, -0.05) is 6.07 Å². The first kappa shape index (κ1) is 12.0. The number of hydrogen-bond acceptors (Lipinski definition) is 2. The maximum absolute atomic E-state index is 13.5. The summed E-state index contributed by atoms with van der Waals surface area (Å²) in [5, 5.41) is 2.63. The van der Waals surface area contributed by atoms with Gasteiger partial charge >= 0.3 is 0 Å². The van der Waals surface area contributed by atoms with Gasteiger partial charge in [0.25, 0.3) is 0 Å². The molecule has 0 aliphatic carbocycles. The number of hydrogen-bond donors (Lipinski definition) is 1. The number of nitrogens with one attached hydrogen (secondary N) is 1. The highest BCUT2D eigenvalue weighted by Crippen LogP contribution is 2.23. The molecule has 0 amide bonds. The van der Waals surface area contributed by atoms with Gasteiger partial charge in [-0.25, -0.2) is 13.8 Å². The first-order chi connectivity index (χ1) is 8.06. The topological polar surface area (TPSA) is 24.9 Å². The summed E-state index contributed by atoms with van der Waals surface area (Å²) in [7, 11) is 0. The van der Waals surface area contributed by atoms with E-state index in [-0.39, 0.29) is 11.5 Å². The largest absolute Gasteiger partial charge is 0.335 e. The molecule has 0 unspecified atom stereocenters. The molecule has 2 rings (SSSR count). The molecular formula is C12H9BrF2N2. The van der Waals surface area contributed by atoms with Gasteiger partial charge in [-0.15, -0.1) is 0 Å². The molecule has 2 aromatic rings. The number of benzene rings is 1. The summed E-state index contributed by atoms with van der Waals surface area (Å²) in [6.07, 6.45) is 1.44. The Morgan fingerprint density at radius 3 is 2.65 bits per heavy atom. The van der Waals surface area contributed by atoms with Crippen molar-refractivity contribution in [2.24, 2.45) is 0 Å². The molecular weight excluding hydrogens is 290 g/mol. The summed E-state index contributed by atoms with van der Waals surface area (Å²) in [4.78, 5) is 3.84. The summed E-state index contributed by atoms with van der Waals surface area (Å²) in [6, 6.07) is 5.84. The number of aromatic nitrogens is 1. The summed E-state index contributed by atoms with van der Waals surface area (Å²) >= 11 is 3.10. The second-order valence-corrected chi connectivity index (χ2v) is 4.51. The Balaban J connectivity index is 2.34. The minimum atomic E-state index is -0.541. The van der Waals surface area contributed by atoms with Crippen LogP contribution in [0.25, 0.3) is 0 Å². The zero-order chi connectivity index (χ0) is 12.4. The molecule has 0 spiro atoms. The van der Waals surface area contributed by atoms with Crippen LogP contribution in [0.1, 0.15) is 5.56 Å². The second-order valence-electron chi connectivity index (χ2n) is 3.59. The molecule has 0 bridgehead atoms. The lowest BCUT2D eigenvalue weighted by molar-refractivity contribution is 0.620. The van der Waals surface area contributed by atoms with Crippen LogP contribution in [-0.2, 0) is 0 Å². The maximum Gasteiger partial charge on any atom is 0.166 e. The molecule has 1 aromatic heterocycles. The quantitative estimate of drug-likeness (QED) is 0.900. The Hall–Kier alpha value is -1.49. The lowest BCUT2D eigenvalue weighted by atomic mass is 10.2. The maximum atomic E-state index is 13.5. The normalized spacial score (nSPS) is 10.4. The first-order valence-corrected chi connectivity index (χ1v) is 5.70. The van der Waals surface area contributed by atoms with Crippen LogP contribution in [0.15, 0.2) is 34.9 Å². The Bertz CT molecular complexity index is 558. The number of rotatable bonds is 2. The zero-order valence-electron chi connectivity index (χ0n) is 8.97. The fraction of sp³-hybridized carbons (Fsp3) is 0.0833. The third kappa shape index (κ3) is 2.79. The van der Waals surface area contributed by atoms with E-state index >= 15 is 0 Å². The van der Waals surface area contributed by atoms with Crippen LogP contribution >= 0.6 is 15.9 Å². The first-order valence-electron chi connectivity index (χ1n) is 4.90. The summed E-state index contributed by atoms with van der Waals surface area (Å²) < 4.78 is 27.5. The second kappa shape index (κ2) is 4.79. The average Bonchev–Trinajstić information content (AvgIpc) is 2.27. The molecule has 1 aromatic carbocycles. The van der Waals surface area contributed by atoms with Crippen LogP contribution in [0.3, 0.4) is 0 Å². The number of nitrogens with zero attached hydrogens (tertiary/aromatic N) is 1. The third-order valence-electron chi connectivity index (χ3n) is 2.18. The van der Waals surface area contributed by atoms with Crippen LogP contribution in [0.5, 0.6) is 0 Å². The van der Waals surface area contributed by atoms with E-state index in [0.29, 0.717) is 4.47 Å². The van der Waals surface area contributed by atoms with Crippen molar-refractivity contribution < 1.29 is 8.78 Å². The van der Waals surface area contributed by atoms with E-state index in [1.807, 2.05) is 6.92 Å². The molecule has 0 saturated carbocycles. The van der Waals surface area contributed by atoms with Crippen molar-refractivity contribution in [2.75, 3.05) is 5.32 Å². The van der Waals surface area contributed by atoms with Crippen molar-refractivity contribution in [3.63, 3.8) is 0 Å². The molecule has 0 saturated heterocycles. The average molecular weight is 299 g/mol. The van der Waals surface area contributed by atoms with Gasteiger partial charge in [0, 0.05) is 10.7 Å². The summed E-state index contributed by atoms with van der Waals surface area (Å²) in [5.41, 5.74) is 1.09. The Kier molecular flexibility index (Phi) is 3.38. The predicted molar refractivity (Wildman–Crippen MR) is 66.3 cm³/mol. The highest BCUT2D eigenvalue weighted by molar-refractivity contribution is 9.10. The highest BCUT2D eigenvalue weighted by Gasteiger charge is 2.08. The van der Waals surface area contributed by atoms with E-state index in [0.717, 1.165) is 5.56 Å². The highest BCUT2D eigenvalue weighted by atomic mass is 79.9. The van der Waals surface area contributed by atoms with Crippen molar-refractivity contribution in [3.05, 3.63) is 52.1 Å². The smallest absolute Gasteiger partial charge is 0.166 e. The van der Waals surface area contributed by atoms with Crippen LogP contribution in [0.4, 0.5) is 20.3 Å². The lowest BCUT2D eigenvalue weighted by Gasteiger charge is -2.08. The molecule has 1 N–H and O–H groups in total. The number of pyridine rings is 1. The SMILES string of the molecule is Cc1ccc(F)c(Nc2ncc(Br)cc2F)c1. The Morgan fingerprint density at radius 2 is 1.94 bits per heavy atom. The van der Waals surface area contributed by atoms with Gasteiger partial charge in [0.05, 0.1) is 5.69 Å². The van der Waals surface area contributed by atoms with E-state index in [2.05, 4.69) is 26.2 Å². The molecule has 88 valence electrons. The molecule has 0 aliphatic heterocycles. The van der Waals surface area contributed by atoms with E-state index in [4.69, 9.17) is 0 Å². The Morgan fingerprint density at radius 1 is 1.18 bits per heavy atom. The van der Waals surface area contributed by atoms with Crippen molar-refractivity contribution in [2.45, 2.75) is 6.92 Å².